The number of anilines is 1. The lowest BCUT2D eigenvalue weighted by atomic mass is 10.2. The van der Waals surface area contributed by atoms with Crippen LogP contribution in [0.4, 0.5) is 5.82 Å². The molecule has 1 aromatic rings. The molecular weight excluding hydrogens is 176 g/mol. The molecule has 76 valence electrons. The first-order valence-electron chi connectivity index (χ1n) is 4.79. The van der Waals surface area contributed by atoms with E-state index in [9.17, 15) is 0 Å². The van der Waals surface area contributed by atoms with Crippen LogP contribution in [-0.2, 0) is 0 Å². The highest BCUT2D eigenvalue weighted by Crippen LogP contribution is 2.09. The average molecular weight is 192 g/mol. The molecule has 0 atom stereocenters. The minimum absolute atomic E-state index is 0.494. The Balaban J connectivity index is 2.21. The number of unbranched alkanes of at least 4 members (excludes halogenated alkanes) is 2. The summed E-state index contributed by atoms with van der Waals surface area (Å²) in [6.07, 6.45) is 5.07. The lowest BCUT2D eigenvalue weighted by Crippen LogP contribution is -2.00. The quantitative estimate of drug-likeness (QED) is 0.556. The summed E-state index contributed by atoms with van der Waals surface area (Å²) in [5.74, 6) is 1.09. The maximum absolute atomic E-state index is 5.51. The van der Waals surface area contributed by atoms with Gasteiger partial charge >= 0.3 is 0 Å². The van der Waals surface area contributed by atoms with Crippen LogP contribution in [0, 0.1) is 0 Å². The minimum atomic E-state index is 0.494. The monoisotopic (exact) mass is 192 g/mol. The predicted molar refractivity (Wildman–Crippen MR) is 58.2 cm³/mol. The highest BCUT2D eigenvalue weighted by Gasteiger charge is 1.94. The summed E-state index contributed by atoms with van der Waals surface area (Å²) in [4.78, 5) is 4.03. The molecule has 0 saturated heterocycles. The van der Waals surface area contributed by atoms with Gasteiger partial charge in [0.1, 0.15) is 5.82 Å². The third-order valence-electron chi connectivity index (χ3n) is 1.80. The number of ether oxygens (including phenoxy) is 1. The van der Waals surface area contributed by atoms with E-state index in [0.717, 1.165) is 19.3 Å². The maximum Gasteiger partial charge on any atom is 0.215 e. The van der Waals surface area contributed by atoms with E-state index in [1.54, 1.807) is 6.07 Å². The van der Waals surface area contributed by atoms with Crippen molar-refractivity contribution in [2.24, 2.45) is 0 Å². The van der Waals surface area contributed by atoms with Crippen molar-refractivity contribution >= 4 is 5.82 Å². The third-order valence-corrected chi connectivity index (χ3v) is 1.80. The van der Waals surface area contributed by atoms with Gasteiger partial charge in [0.15, 0.2) is 0 Å². The van der Waals surface area contributed by atoms with Gasteiger partial charge in [-0.15, -0.1) is 6.58 Å². The van der Waals surface area contributed by atoms with Crippen LogP contribution >= 0.6 is 0 Å². The molecule has 0 saturated carbocycles. The fourth-order valence-electron chi connectivity index (χ4n) is 1.08. The van der Waals surface area contributed by atoms with Gasteiger partial charge in [0.2, 0.25) is 5.88 Å². The van der Waals surface area contributed by atoms with Crippen LogP contribution in [0.25, 0.3) is 0 Å². The Hall–Kier alpha value is -1.51. The van der Waals surface area contributed by atoms with E-state index in [1.807, 2.05) is 18.2 Å². The molecule has 3 nitrogen and oxygen atoms in total. The van der Waals surface area contributed by atoms with Crippen molar-refractivity contribution < 1.29 is 4.74 Å². The third kappa shape index (κ3) is 3.94. The lowest BCUT2D eigenvalue weighted by Gasteiger charge is -2.04. The van der Waals surface area contributed by atoms with Gasteiger partial charge in [0.25, 0.3) is 0 Å². The summed E-state index contributed by atoms with van der Waals surface area (Å²) in [5, 5.41) is 0. The van der Waals surface area contributed by atoms with Crippen molar-refractivity contribution in [3.8, 4) is 5.88 Å². The van der Waals surface area contributed by atoms with Gasteiger partial charge in [0.05, 0.1) is 6.61 Å². The molecule has 1 heterocycles. The molecule has 0 radical (unpaired) electrons. The van der Waals surface area contributed by atoms with Gasteiger partial charge in [-0.25, -0.2) is 0 Å². The van der Waals surface area contributed by atoms with E-state index in [1.165, 1.54) is 0 Å². The number of nitrogen functional groups attached to an aromatic ring is 1. The molecule has 0 bridgehead atoms. The molecule has 3 heteroatoms. The van der Waals surface area contributed by atoms with E-state index < -0.39 is 0 Å². The van der Waals surface area contributed by atoms with Gasteiger partial charge in [-0.2, -0.15) is 4.98 Å². The van der Waals surface area contributed by atoms with Crippen LogP contribution < -0.4 is 10.5 Å². The molecule has 14 heavy (non-hydrogen) atoms. The Kier molecular flexibility index (Phi) is 4.55. The number of hydrogen-bond donors (Lipinski definition) is 1. The normalized spacial score (nSPS) is 9.71. The number of pyridine rings is 1. The summed E-state index contributed by atoms with van der Waals surface area (Å²) in [5.41, 5.74) is 5.51. The molecule has 0 aliphatic rings. The Morgan fingerprint density at radius 2 is 2.29 bits per heavy atom. The first-order chi connectivity index (χ1) is 6.83. The molecule has 0 aliphatic heterocycles. The Morgan fingerprint density at radius 3 is 3.00 bits per heavy atom. The van der Waals surface area contributed by atoms with Crippen LogP contribution in [0.5, 0.6) is 5.88 Å². The molecule has 0 spiro atoms. The zero-order valence-corrected chi connectivity index (χ0v) is 8.28. The number of rotatable bonds is 6. The van der Waals surface area contributed by atoms with Crippen molar-refractivity contribution in [1.82, 2.24) is 4.98 Å². The van der Waals surface area contributed by atoms with Crippen molar-refractivity contribution in [1.29, 1.82) is 0 Å². The van der Waals surface area contributed by atoms with Crippen LogP contribution in [-0.4, -0.2) is 11.6 Å². The van der Waals surface area contributed by atoms with Crippen molar-refractivity contribution in [3.63, 3.8) is 0 Å². The standard InChI is InChI=1S/C11H16N2O/c1-2-3-4-5-9-14-11-8-6-7-10(12)13-11/h2,6-8H,1,3-5,9H2,(H2,12,13). The molecule has 0 amide bonds. The number of nitrogens with two attached hydrogens (primary N) is 1. The van der Waals surface area contributed by atoms with E-state index >= 15 is 0 Å². The zero-order valence-electron chi connectivity index (χ0n) is 8.28. The average Bonchev–Trinajstić information content (AvgIpc) is 2.18. The highest BCUT2D eigenvalue weighted by molar-refractivity contribution is 5.30. The van der Waals surface area contributed by atoms with Crippen molar-refractivity contribution in [2.75, 3.05) is 12.3 Å². The first-order valence-corrected chi connectivity index (χ1v) is 4.79. The smallest absolute Gasteiger partial charge is 0.215 e. The van der Waals surface area contributed by atoms with Crippen LogP contribution in [0.3, 0.4) is 0 Å². The number of aromatic nitrogens is 1. The molecule has 2 N–H and O–H groups in total. The molecule has 1 rings (SSSR count). The van der Waals surface area contributed by atoms with E-state index in [0.29, 0.717) is 18.3 Å². The Morgan fingerprint density at radius 1 is 1.43 bits per heavy atom. The molecule has 1 aromatic heterocycles. The molecule has 0 aliphatic carbocycles. The topological polar surface area (TPSA) is 48.1 Å². The SMILES string of the molecule is C=CCCCCOc1cccc(N)n1. The van der Waals surface area contributed by atoms with Gasteiger partial charge in [-0.1, -0.05) is 12.1 Å². The van der Waals surface area contributed by atoms with Crippen LogP contribution in [0.15, 0.2) is 30.9 Å². The van der Waals surface area contributed by atoms with Crippen LogP contribution in [0.1, 0.15) is 19.3 Å². The Bertz CT molecular complexity index is 286. The highest BCUT2D eigenvalue weighted by atomic mass is 16.5. The van der Waals surface area contributed by atoms with Crippen LogP contribution in [0.2, 0.25) is 0 Å². The van der Waals surface area contributed by atoms with Gasteiger partial charge in [0, 0.05) is 6.07 Å². The molecule has 0 aromatic carbocycles. The lowest BCUT2D eigenvalue weighted by molar-refractivity contribution is 0.296. The second-order valence-corrected chi connectivity index (χ2v) is 3.03. The molecule has 0 fully saturated rings. The van der Waals surface area contributed by atoms with E-state index in [4.69, 9.17) is 10.5 Å². The van der Waals surface area contributed by atoms with Gasteiger partial charge < -0.3 is 10.5 Å². The van der Waals surface area contributed by atoms with Gasteiger partial charge in [-0.05, 0) is 25.3 Å². The largest absolute Gasteiger partial charge is 0.478 e. The van der Waals surface area contributed by atoms with Crippen molar-refractivity contribution in [3.05, 3.63) is 30.9 Å². The summed E-state index contributed by atoms with van der Waals surface area (Å²) < 4.78 is 5.41. The first kappa shape index (κ1) is 10.6. The zero-order chi connectivity index (χ0) is 10.2. The number of allylic oxidation sites excluding steroid dienone is 1. The summed E-state index contributed by atoms with van der Waals surface area (Å²) in [6.45, 7) is 4.34. The number of hydrogen-bond acceptors (Lipinski definition) is 3. The summed E-state index contributed by atoms with van der Waals surface area (Å²) >= 11 is 0. The fourth-order valence-corrected chi connectivity index (χ4v) is 1.08. The Labute approximate surface area is 84.6 Å². The van der Waals surface area contributed by atoms with Gasteiger partial charge in [-0.3, -0.25) is 0 Å². The number of nitrogens with zero attached hydrogens (tertiary/aromatic N) is 1. The molecule has 0 unspecified atom stereocenters. The van der Waals surface area contributed by atoms with E-state index in [-0.39, 0.29) is 0 Å². The van der Waals surface area contributed by atoms with Crippen molar-refractivity contribution in [2.45, 2.75) is 19.3 Å². The predicted octanol–water partition coefficient (Wildman–Crippen LogP) is 2.40. The van der Waals surface area contributed by atoms with E-state index in [2.05, 4.69) is 11.6 Å². The minimum Gasteiger partial charge on any atom is -0.478 e. The second kappa shape index (κ2) is 6.02. The molecular formula is C11H16N2O. The second-order valence-electron chi connectivity index (χ2n) is 3.03. The summed E-state index contributed by atoms with van der Waals surface area (Å²) in [7, 11) is 0. The maximum atomic E-state index is 5.51. The summed E-state index contributed by atoms with van der Waals surface area (Å²) in [6, 6.07) is 5.38. The fraction of sp³-hybridized carbons (Fsp3) is 0.364.